The maximum Gasteiger partial charge on any atom is 0.191 e. The van der Waals surface area contributed by atoms with Crippen molar-refractivity contribution in [2.24, 2.45) is 7.05 Å². The van der Waals surface area contributed by atoms with Gasteiger partial charge < -0.3 is 9.13 Å². The molecule has 0 fully saturated rings. The van der Waals surface area contributed by atoms with Crippen molar-refractivity contribution in [3.63, 3.8) is 0 Å². The van der Waals surface area contributed by atoms with Gasteiger partial charge in [0.15, 0.2) is 10.9 Å². The Kier molecular flexibility index (Phi) is 4.32. The molecule has 0 atom stereocenters. The van der Waals surface area contributed by atoms with Gasteiger partial charge in [-0.2, -0.15) is 0 Å². The Balaban J connectivity index is 2.09. The Labute approximate surface area is 123 Å². The molecule has 0 radical (unpaired) electrons. The van der Waals surface area contributed by atoms with Crippen molar-refractivity contribution in [2.45, 2.75) is 38.9 Å². The monoisotopic (exact) mass is 292 g/mol. The first-order chi connectivity index (χ1) is 9.41. The van der Waals surface area contributed by atoms with Gasteiger partial charge in [-0.05, 0) is 33.8 Å². The zero-order valence-electron chi connectivity index (χ0n) is 12.5. The first-order valence-electron chi connectivity index (χ1n) is 6.60. The summed E-state index contributed by atoms with van der Waals surface area (Å²) in [5.41, 5.74) is 2.91. The number of hydrogen-bond acceptors (Lipinski definition) is 4. The minimum atomic E-state index is 0.134. The molecule has 2 rings (SSSR count). The Morgan fingerprint density at radius 1 is 1.40 bits per heavy atom. The number of rotatable bonds is 5. The molecule has 20 heavy (non-hydrogen) atoms. The van der Waals surface area contributed by atoms with E-state index in [0.29, 0.717) is 11.8 Å². The minimum Gasteiger partial charge on any atom is -0.351 e. The maximum atomic E-state index is 12.3. The molecule has 0 aromatic carbocycles. The predicted octanol–water partition coefficient (Wildman–Crippen LogP) is 2.79. The van der Waals surface area contributed by atoms with E-state index in [4.69, 9.17) is 0 Å². The Morgan fingerprint density at radius 2 is 2.10 bits per heavy atom. The number of carbonyl (C=O) groups excluding carboxylic acids is 1. The Hall–Kier alpha value is -1.56. The summed E-state index contributed by atoms with van der Waals surface area (Å²) < 4.78 is 4.01. The molecule has 6 heteroatoms. The molecule has 2 aromatic heterocycles. The fourth-order valence-corrected chi connectivity index (χ4v) is 2.96. The van der Waals surface area contributed by atoms with Gasteiger partial charge >= 0.3 is 0 Å². The van der Waals surface area contributed by atoms with Gasteiger partial charge in [0.1, 0.15) is 6.33 Å². The van der Waals surface area contributed by atoms with E-state index >= 15 is 0 Å². The SMILES string of the molecule is Cc1cc(C(=O)CSc2nncn2C(C)C)c(C)n1C. The van der Waals surface area contributed by atoms with Gasteiger partial charge in [-0.1, -0.05) is 11.8 Å². The lowest BCUT2D eigenvalue weighted by molar-refractivity contribution is 0.102. The van der Waals surface area contributed by atoms with E-state index in [0.717, 1.165) is 22.1 Å². The number of thioether (sulfide) groups is 1. The van der Waals surface area contributed by atoms with Crippen LogP contribution in [-0.2, 0) is 7.05 Å². The van der Waals surface area contributed by atoms with E-state index in [1.54, 1.807) is 6.33 Å². The highest BCUT2D eigenvalue weighted by atomic mass is 32.2. The molecular formula is C14H20N4OS. The van der Waals surface area contributed by atoms with Crippen LogP contribution in [0.25, 0.3) is 0 Å². The summed E-state index contributed by atoms with van der Waals surface area (Å²) >= 11 is 1.44. The molecule has 0 saturated carbocycles. The highest BCUT2D eigenvalue weighted by Crippen LogP contribution is 2.21. The molecule has 0 amide bonds. The molecule has 2 heterocycles. The molecule has 5 nitrogen and oxygen atoms in total. The molecular weight excluding hydrogens is 272 g/mol. The molecule has 0 unspecified atom stereocenters. The molecule has 0 aliphatic carbocycles. The van der Waals surface area contributed by atoms with Crippen molar-refractivity contribution in [3.05, 3.63) is 29.3 Å². The summed E-state index contributed by atoms with van der Waals surface area (Å²) in [6, 6.07) is 2.24. The van der Waals surface area contributed by atoms with Crippen LogP contribution in [0.15, 0.2) is 17.6 Å². The predicted molar refractivity (Wildman–Crippen MR) is 80.3 cm³/mol. The summed E-state index contributed by atoms with van der Waals surface area (Å²) in [7, 11) is 1.98. The Bertz CT molecular complexity index is 627. The summed E-state index contributed by atoms with van der Waals surface area (Å²) in [4.78, 5) is 12.3. The number of nitrogens with zero attached hydrogens (tertiary/aromatic N) is 4. The van der Waals surface area contributed by atoms with Crippen molar-refractivity contribution in [3.8, 4) is 0 Å². The van der Waals surface area contributed by atoms with Gasteiger partial charge in [0.2, 0.25) is 0 Å². The minimum absolute atomic E-state index is 0.134. The van der Waals surface area contributed by atoms with Crippen LogP contribution < -0.4 is 0 Å². The third-order valence-electron chi connectivity index (χ3n) is 3.50. The van der Waals surface area contributed by atoms with E-state index < -0.39 is 0 Å². The number of Topliss-reactive ketones (excluding diaryl/α,β-unsaturated/α-hetero) is 1. The smallest absolute Gasteiger partial charge is 0.191 e. The van der Waals surface area contributed by atoms with Crippen molar-refractivity contribution in [2.75, 3.05) is 5.75 Å². The molecule has 108 valence electrons. The van der Waals surface area contributed by atoms with Crippen molar-refractivity contribution in [1.82, 2.24) is 19.3 Å². The molecule has 0 saturated heterocycles. The van der Waals surface area contributed by atoms with Crippen LogP contribution >= 0.6 is 11.8 Å². The number of hydrogen-bond donors (Lipinski definition) is 0. The van der Waals surface area contributed by atoms with Crippen molar-refractivity contribution < 1.29 is 4.79 Å². The molecule has 0 bridgehead atoms. The summed E-state index contributed by atoms with van der Waals surface area (Å²) in [5.74, 6) is 0.518. The zero-order valence-corrected chi connectivity index (χ0v) is 13.4. The van der Waals surface area contributed by atoms with Crippen LogP contribution in [0, 0.1) is 13.8 Å². The quantitative estimate of drug-likeness (QED) is 0.628. The second kappa shape index (κ2) is 5.83. The first-order valence-corrected chi connectivity index (χ1v) is 7.58. The fraction of sp³-hybridized carbons (Fsp3) is 0.500. The number of aryl methyl sites for hydroxylation is 1. The van der Waals surface area contributed by atoms with Crippen LogP contribution in [0.3, 0.4) is 0 Å². The van der Waals surface area contributed by atoms with Gasteiger partial charge in [0.05, 0.1) is 5.75 Å². The lowest BCUT2D eigenvalue weighted by Crippen LogP contribution is -2.07. The molecule has 2 aromatic rings. The third-order valence-corrected chi connectivity index (χ3v) is 4.46. The van der Waals surface area contributed by atoms with E-state index in [1.807, 2.05) is 36.1 Å². The van der Waals surface area contributed by atoms with Crippen molar-refractivity contribution in [1.29, 1.82) is 0 Å². The van der Waals surface area contributed by atoms with E-state index in [2.05, 4.69) is 24.0 Å². The highest BCUT2D eigenvalue weighted by molar-refractivity contribution is 7.99. The van der Waals surface area contributed by atoms with Crippen LogP contribution in [-0.4, -0.2) is 30.9 Å². The lowest BCUT2D eigenvalue weighted by atomic mass is 10.2. The molecule has 0 aliphatic rings. The number of carbonyl (C=O) groups is 1. The highest BCUT2D eigenvalue weighted by Gasteiger charge is 2.16. The normalized spacial score (nSPS) is 11.3. The number of ketones is 1. The van der Waals surface area contributed by atoms with Crippen LogP contribution in [0.4, 0.5) is 0 Å². The molecule has 0 aliphatic heterocycles. The average molecular weight is 292 g/mol. The molecule has 0 spiro atoms. The van der Waals surface area contributed by atoms with Gasteiger partial charge in [-0.3, -0.25) is 4.79 Å². The maximum absolute atomic E-state index is 12.3. The third kappa shape index (κ3) is 2.80. The second-order valence-electron chi connectivity index (χ2n) is 5.17. The average Bonchev–Trinajstić information content (AvgIpc) is 2.97. The first kappa shape index (κ1) is 14.8. The fourth-order valence-electron chi connectivity index (χ4n) is 2.03. The largest absolute Gasteiger partial charge is 0.351 e. The second-order valence-corrected chi connectivity index (χ2v) is 6.11. The van der Waals surface area contributed by atoms with Gasteiger partial charge in [0, 0.05) is 30.0 Å². The van der Waals surface area contributed by atoms with Crippen LogP contribution in [0.1, 0.15) is 41.6 Å². The topological polar surface area (TPSA) is 52.7 Å². The van der Waals surface area contributed by atoms with Gasteiger partial charge in [0.25, 0.3) is 0 Å². The van der Waals surface area contributed by atoms with E-state index in [9.17, 15) is 4.79 Å². The van der Waals surface area contributed by atoms with Gasteiger partial charge in [-0.25, -0.2) is 0 Å². The van der Waals surface area contributed by atoms with E-state index in [1.165, 1.54) is 11.8 Å². The zero-order chi connectivity index (χ0) is 14.9. The standard InChI is InChI=1S/C14H20N4OS/c1-9(2)18-8-15-16-14(18)20-7-13(19)12-6-10(3)17(5)11(12)4/h6,8-9H,7H2,1-5H3. The van der Waals surface area contributed by atoms with Crippen LogP contribution in [0.5, 0.6) is 0 Å². The molecule has 0 N–H and O–H groups in total. The lowest BCUT2D eigenvalue weighted by Gasteiger charge is -2.08. The van der Waals surface area contributed by atoms with Crippen LogP contribution in [0.2, 0.25) is 0 Å². The summed E-state index contributed by atoms with van der Waals surface area (Å²) in [6.45, 7) is 8.12. The van der Waals surface area contributed by atoms with Gasteiger partial charge in [-0.15, -0.1) is 10.2 Å². The number of aromatic nitrogens is 4. The summed E-state index contributed by atoms with van der Waals surface area (Å²) in [5, 5.41) is 8.76. The van der Waals surface area contributed by atoms with E-state index in [-0.39, 0.29) is 5.78 Å². The van der Waals surface area contributed by atoms with Crippen molar-refractivity contribution >= 4 is 17.5 Å². The Morgan fingerprint density at radius 3 is 2.65 bits per heavy atom. The summed E-state index contributed by atoms with van der Waals surface area (Å²) in [6.07, 6.45) is 1.70.